The van der Waals surface area contributed by atoms with Gasteiger partial charge < -0.3 is 0 Å². The van der Waals surface area contributed by atoms with E-state index in [2.05, 4.69) is 0 Å². The van der Waals surface area contributed by atoms with Gasteiger partial charge in [-0.05, 0) is 31.2 Å². The number of carbonyl (C=O) groups excluding carboxylic acids is 1. The number of nitro groups is 1. The molecule has 0 aliphatic carbocycles. The molecule has 0 N–H and O–H groups in total. The van der Waals surface area contributed by atoms with Crippen LogP contribution in [0.15, 0.2) is 52.3 Å². The zero-order valence-electron chi connectivity index (χ0n) is 10.5. The fraction of sp³-hybridized carbons (Fsp3) is 0.0714. The molecule has 0 aliphatic rings. The molecule has 20 heavy (non-hydrogen) atoms. The lowest BCUT2D eigenvalue weighted by atomic mass is 10.1. The minimum absolute atomic E-state index is 0.140. The number of carbonyl (C=O) groups is 1. The van der Waals surface area contributed by atoms with Gasteiger partial charge in [0.05, 0.1) is 4.92 Å². The van der Waals surface area contributed by atoms with Gasteiger partial charge in [-0.1, -0.05) is 17.8 Å². The van der Waals surface area contributed by atoms with Crippen LogP contribution < -0.4 is 0 Å². The molecule has 0 aliphatic heterocycles. The van der Waals surface area contributed by atoms with E-state index in [1.807, 2.05) is 0 Å². The molecule has 0 radical (unpaired) electrons. The minimum Gasteiger partial charge on any atom is -0.294 e. The van der Waals surface area contributed by atoms with E-state index < -0.39 is 4.92 Å². The second-order valence-corrected chi connectivity index (χ2v) is 5.17. The van der Waals surface area contributed by atoms with Crippen LogP contribution >= 0.6 is 11.8 Å². The Kier molecular flexibility index (Phi) is 4.14. The van der Waals surface area contributed by atoms with Crippen LogP contribution in [0.4, 0.5) is 10.1 Å². The molecule has 102 valence electrons. The summed E-state index contributed by atoms with van der Waals surface area (Å²) in [6, 6.07) is 10.0. The maximum Gasteiger partial charge on any atom is 0.270 e. The molecule has 2 rings (SSSR count). The van der Waals surface area contributed by atoms with Crippen LogP contribution in [0.5, 0.6) is 0 Å². The van der Waals surface area contributed by atoms with Gasteiger partial charge >= 0.3 is 0 Å². The molecule has 0 aromatic heterocycles. The highest BCUT2D eigenvalue weighted by molar-refractivity contribution is 7.99. The van der Waals surface area contributed by atoms with Gasteiger partial charge in [0.2, 0.25) is 0 Å². The number of ketones is 1. The fourth-order valence-electron chi connectivity index (χ4n) is 1.65. The molecule has 0 spiro atoms. The number of hydrogen-bond acceptors (Lipinski definition) is 4. The molecule has 0 amide bonds. The number of hydrogen-bond donors (Lipinski definition) is 0. The van der Waals surface area contributed by atoms with Gasteiger partial charge in [0.1, 0.15) is 5.82 Å². The van der Waals surface area contributed by atoms with E-state index >= 15 is 0 Å². The Balaban J connectivity index is 2.41. The van der Waals surface area contributed by atoms with Crippen LogP contribution in [0, 0.1) is 15.9 Å². The molecule has 0 fully saturated rings. The Morgan fingerprint density at radius 2 is 2.00 bits per heavy atom. The third kappa shape index (κ3) is 3.21. The summed E-state index contributed by atoms with van der Waals surface area (Å²) in [5, 5.41) is 10.7. The Hall–Kier alpha value is -2.21. The summed E-state index contributed by atoms with van der Waals surface area (Å²) in [5.74, 6) is -0.645. The summed E-state index contributed by atoms with van der Waals surface area (Å²) in [5.41, 5.74) is 0.118. The van der Waals surface area contributed by atoms with Crippen molar-refractivity contribution in [3.05, 3.63) is 64.0 Å². The first-order chi connectivity index (χ1) is 9.47. The molecule has 0 saturated heterocycles. The summed E-state index contributed by atoms with van der Waals surface area (Å²) in [4.78, 5) is 23.0. The van der Waals surface area contributed by atoms with Crippen LogP contribution in [0.1, 0.15) is 17.3 Å². The lowest BCUT2D eigenvalue weighted by molar-refractivity contribution is -0.384. The van der Waals surface area contributed by atoms with Crippen molar-refractivity contribution < 1.29 is 14.1 Å². The van der Waals surface area contributed by atoms with Gasteiger partial charge in [0.15, 0.2) is 5.78 Å². The van der Waals surface area contributed by atoms with Gasteiger partial charge in [-0.25, -0.2) is 4.39 Å². The zero-order valence-corrected chi connectivity index (χ0v) is 11.3. The smallest absolute Gasteiger partial charge is 0.270 e. The number of nitro benzene ring substituents is 1. The quantitative estimate of drug-likeness (QED) is 0.483. The van der Waals surface area contributed by atoms with Crippen LogP contribution in [-0.4, -0.2) is 10.7 Å². The molecule has 2 aromatic rings. The van der Waals surface area contributed by atoms with Crippen molar-refractivity contribution in [2.24, 2.45) is 0 Å². The normalized spacial score (nSPS) is 10.3. The number of Topliss-reactive ketones (excluding diaryl/α,β-unsaturated/α-hetero) is 1. The number of benzene rings is 2. The fourth-order valence-corrected chi connectivity index (χ4v) is 2.67. The van der Waals surface area contributed by atoms with Gasteiger partial charge in [0.25, 0.3) is 5.69 Å². The molecule has 0 bridgehead atoms. The van der Waals surface area contributed by atoms with Crippen molar-refractivity contribution in [3.63, 3.8) is 0 Å². The van der Waals surface area contributed by atoms with Crippen molar-refractivity contribution in [1.82, 2.24) is 0 Å². The summed E-state index contributed by atoms with van der Waals surface area (Å²) < 4.78 is 13.1. The van der Waals surface area contributed by atoms with Crippen molar-refractivity contribution >= 4 is 23.2 Å². The van der Waals surface area contributed by atoms with E-state index in [0.717, 1.165) is 0 Å². The van der Waals surface area contributed by atoms with E-state index in [-0.39, 0.29) is 22.9 Å². The SMILES string of the molecule is CC(=O)c1cc([N+](=O)[O-])ccc1Sc1cccc(F)c1. The summed E-state index contributed by atoms with van der Waals surface area (Å²) in [7, 11) is 0. The number of non-ortho nitro benzene ring substituents is 1. The molecule has 0 atom stereocenters. The topological polar surface area (TPSA) is 60.2 Å². The Morgan fingerprint density at radius 3 is 2.60 bits per heavy atom. The first-order valence-corrected chi connectivity index (χ1v) is 6.52. The van der Waals surface area contributed by atoms with Crippen molar-refractivity contribution in [2.75, 3.05) is 0 Å². The first-order valence-electron chi connectivity index (χ1n) is 5.70. The Bertz CT molecular complexity index is 688. The number of halogens is 1. The third-order valence-electron chi connectivity index (χ3n) is 2.58. The first kappa shape index (κ1) is 14.2. The van der Waals surface area contributed by atoms with Gasteiger partial charge in [-0.2, -0.15) is 0 Å². The maximum absolute atomic E-state index is 13.1. The van der Waals surface area contributed by atoms with Crippen molar-refractivity contribution in [3.8, 4) is 0 Å². The van der Waals surface area contributed by atoms with Crippen LogP contribution in [0.25, 0.3) is 0 Å². The molecule has 0 unspecified atom stereocenters. The molecule has 0 heterocycles. The maximum atomic E-state index is 13.1. The highest BCUT2D eigenvalue weighted by Gasteiger charge is 2.15. The lowest BCUT2D eigenvalue weighted by Gasteiger charge is -2.06. The lowest BCUT2D eigenvalue weighted by Crippen LogP contribution is -1.98. The standard InChI is InChI=1S/C14H10FNO3S/c1-9(17)13-8-11(16(18)19)5-6-14(13)20-12-4-2-3-10(15)7-12/h2-8H,1H3. The van der Waals surface area contributed by atoms with Crippen LogP contribution in [0.2, 0.25) is 0 Å². The molecular weight excluding hydrogens is 281 g/mol. The van der Waals surface area contributed by atoms with Crippen molar-refractivity contribution in [1.29, 1.82) is 0 Å². The number of nitrogens with zero attached hydrogens (tertiary/aromatic N) is 1. The van der Waals surface area contributed by atoms with E-state index in [9.17, 15) is 19.3 Å². The second-order valence-electron chi connectivity index (χ2n) is 4.05. The molecule has 2 aromatic carbocycles. The van der Waals surface area contributed by atoms with Gasteiger partial charge in [-0.15, -0.1) is 0 Å². The monoisotopic (exact) mass is 291 g/mol. The Labute approximate surface area is 118 Å². The van der Waals surface area contributed by atoms with Gasteiger partial charge in [0, 0.05) is 27.5 Å². The summed E-state index contributed by atoms with van der Waals surface area (Å²) in [6.45, 7) is 1.34. The van der Waals surface area contributed by atoms with E-state index in [0.29, 0.717) is 9.79 Å². The van der Waals surface area contributed by atoms with E-state index in [1.165, 1.54) is 49.0 Å². The van der Waals surface area contributed by atoms with E-state index in [4.69, 9.17) is 0 Å². The summed E-state index contributed by atoms with van der Waals surface area (Å²) >= 11 is 1.19. The highest BCUT2D eigenvalue weighted by Crippen LogP contribution is 2.33. The molecule has 4 nitrogen and oxygen atoms in total. The number of rotatable bonds is 4. The molecular formula is C14H10FNO3S. The minimum atomic E-state index is -0.553. The Morgan fingerprint density at radius 1 is 1.25 bits per heavy atom. The van der Waals surface area contributed by atoms with Gasteiger partial charge in [-0.3, -0.25) is 14.9 Å². The second kappa shape index (κ2) is 5.83. The average Bonchev–Trinajstić information content (AvgIpc) is 2.38. The predicted molar refractivity (Wildman–Crippen MR) is 73.6 cm³/mol. The van der Waals surface area contributed by atoms with E-state index in [1.54, 1.807) is 12.1 Å². The van der Waals surface area contributed by atoms with Crippen molar-refractivity contribution in [2.45, 2.75) is 16.7 Å². The highest BCUT2D eigenvalue weighted by atomic mass is 32.2. The van der Waals surface area contributed by atoms with Crippen LogP contribution in [0.3, 0.4) is 0 Å². The largest absolute Gasteiger partial charge is 0.294 e. The predicted octanol–water partition coefficient (Wildman–Crippen LogP) is 4.09. The molecule has 0 saturated carbocycles. The average molecular weight is 291 g/mol. The van der Waals surface area contributed by atoms with Crippen LogP contribution in [-0.2, 0) is 0 Å². The third-order valence-corrected chi connectivity index (χ3v) is 3.64. The molecule has 6 heteroatoms. The summed E-state index contributed by atoms with van der Waals surface area (Å²) in [6.07, 6.45) is 0. The zero-order chi connectivity index (χ0) is 14.7.